The number of ether oxygens (including phenoxy) is 1. The Labute approximate surface area is 129 Å². The first-order valence-corrected chi connectivity index (χ1v) is 7.65. The molecule has 0 radical (unpaired) electrons. The highest BCUT2D eigenvalue weighted by Gasteiger charge is 2.26. The summed E-state index contributed by atoms with van der Waals surface area (Å²) in [4.78, 5) is 30.1. The molecule has 2 amide bonds. The van der Waals surface area contributed by atoms with Crippen molar-refractivity contribution in [1.82, 2.24) is 14.7 Å². The Hall–Kier alpha value is -1.86. The summed E-state index contributed by atoms with van der Waals surface area (Å²) in [5.74, 6) is 0.441. The number of hydrogen-bond donors (Lipinski definition) is 0. The Morgan fingerprint density at radius 2 is 1.73 bits per heavy atom. The summed E-state index contributed by atoms with van der Waals surface area (Å²) in [6, 6.07) is 3.39. The minimum absolute atomic E-state index is 0.0795. The second-order valence-corrected chi connectivity index (χ2v) is 5.54. The molecule has 0 N–H and O–H groups in total. The van der Waals surface area contributed by atoms with Crippen LogP contribution in [0.25, 0.3) is 0 Å². The van der Waals surface area contributed by atoms with Crippen LogP contribution >= 0.6 is 0 Å². The number of carbonyl (C=O) groups is 2. The molecule has 1 aromatic heterocycles. The van der Waals surface area contributed by atoms with Gasteiger partial charge in [-0.05, 0) is 12.1 Å². The first-order valence-electron chi connectivity index (χ1n) is 7.65. The van der Waals surface area contributed by atoms with Crippen LogP contribution in [0.5, 0.6) is 0 Å². The van der Waals surface area contributed by atoms with Crippen LogP contribution in [-0.4, -0.2) is 85.5 Å². The van der Waals surface area contributed by atoms with Crippen molar-refractivity contribution in [2.45, 2.75) is 0 Å². The second kappa shape index (κ2) is 6.93. The molecular formula is C15H21N3O4. The molecule has 0 atom stereocenters. The summed E-state index contributed by atoms with van der Waals surface area (Å²) in [6.45, 7) is 5.68. The molecule has 7 heteroatoms. The number of furan rings is 1. The number of rotatable bonds is 3. The standard InChI is InChI=1S/C15H21N3O4/c19-14(17-7-10-21-11-8-17)12-16-3-5-18(6-4-16)15(20)13-2-1-9-22-13/h1-2,9H,3-8,10-12H2. The van der Waals surface area contributed by atoms with Crippen LogP contribution in [0.15, 0.2) is 22.8 Å². The highest BCUT2D eigenvalue weighted by atomic mass is 16.5. The van der Waals surface area contributed by atoms with Crippen molar-refractivity contribution >= 4 is 11.8 Å². The van der Waals surface area contributed by atoms with Gasteiger partial charge in [-0.1, -0.05) is 0 Å². The smallest absolute Gasteiger partial charge is 0.289 e. The molecule has 3 heterocycles. The summed E-state index contributed by atoms with van der Waals surface area (Å²) in [5, 5.41) is 0. The van der Waals surface area contributed by atoms with Gasteiger partial charge in [0, 0.05) is 39.3 Å². The van der Waals surface area contributed by atoms with Crippen molar-refractivity contribution in [2.75, 3.05) is 59.0 Å². The van der Waals surface area contributed by atoms with Gasteiger partial charge in [0.1, 0.15) is 0 Å². The van der Waals surface area contributed by atoms with Crippen molar-refractivity contribution in [1.29, 1.82) is 0 Å². The number of carbonyl (C=O) groups excluding carboxylic acids is 2. The topological polar surface area (TPSA) is 66.2 Å². The maximum absolute atomic E-state index is 12.2. The minimum atomic E-state index is -0.0795. The van der Waals surface area contributed by atoms with Crippen LogP contribution < -0.4 is 0 Å². The van der Waals surface area contributed by atoms with E-state index in [1.807, 2.05) is 4.90 Å². The lowest BCUT2D eigenvalue weighted by Crippen LogP contribution is -2.52. The molecule has 3 rings (SSSR count). The lowest BCUT2D eigenvalue weighted by molar-refractivity contribution is -0.136. The molecule has 2 fully saturated rings. The van der Waals surface area contributed by atoms with Crippen LogP contribution in [-0.2, 0) is 9.53 Å². The lowest BCUT2D eigenvalue weighted by atomic mass is 10.2. The number of morpholine rings is 1. The second-order valence-electron chi connectivity index (χ2n) is 5.54. The molecule has 0 saturated carbocycles. The molecule has 7 nitrogen and oxygen atoms in total. The number of nitrogens with zero attached hydrogens (tertiary/aromatic N) is 3. The third kappa shape index (κ3) is 3.48. The molecule has 0 aromatic carbocycles. The molecular weight excluding hydrogens is 286 g/mol. The van der Waals surface area contributed by atoms with E-state index in [9.17, 15) is 9.59 Å². The average Bonchev–Trinajstić information content (AvgIpc) is 3.10. The van der Waals surface area contributed by atoms with Crippen LogP contribution in [0, 0.1) is 0 Å². The Balaban J connectivity index is 1.45. The maximum atomic E-state index is 12.2. The van der Waals surface area contributed by atoms with Crippen molar-refractivity contribution in [3.05, 3.63) is 24.2 Å². The predicted octanol–water partition coefficient (Wildman–Crippen LogP) is -0.104. The molecule has 0 unspecified atom stereocenters. The highest BCUT2D eigenvalue weighted by molar-refractivity contribution is 5.91. The fourth-order valence-corrected chi connectivity index (χ4v) is 2.77. The Bertz CT molecular complexity index is 503. The zero-order valence-corrected chi connectivity index (χ0v) is 12.6. The first kappa shape index (κ1) is 15.1. The molecule has 1 aromatic rings. The molecule has 120 valence electrons. The fourth-order valence-electron chi connectivity index (χ4n) is 2.77. The maximum Gasteiger partial charge on any atom is 0.289 e. The Morgan fingerprint density at radius 3 is 2.36 bits per heavy atom. The summed E-state index contributed by atoms with van der Waals surface area (Å²) < 4.78 is 10.4. The zero-order chi connectivity index (χ0) is 15.4. The van der Waals surface area contributed by atoms with Gasteiger partial charge in [0.25, 0.3) is 5.91 Å². The third-order valence-corrected chi connectivity index (χ3v) is 4.11. The van der Waals surface area contributed by atoms with E-state index in [0.717, 1.165) is 0 Å². The van der Waals surface area contributed by atoms with Crippen molar-refractivity contribution in [2.24, 2.45) is 0 Å². The van der Waals surface area contributed by atoms with Crippen LogP contribution in [0.3, 0.4) is 0 Å². The number of amides is 2. The fraction of sp³-hybridized carbons (Fsp3) is 0.600. The van der Waals surface area contributed by atoms with Gasteiger partial charge in [-0.25, -0.2) is 0 Å². The summed E-state index contributed by atoms with van der Waals surface area (Å²) in [7, 11) is 0. The van der Waals surface area contributed by atoms with Gasteiger partial charge in [0.2, 0.25) is 5.91 Å². The van der Waals surface area contributed by atoms with Crippen molar-refractivity contribution in [3.63, 3.8) is 0 Å². The predicted molar refractivity (Wildman–Crippen MR) is 78.5 cm³/mol. The zero-order valence-electron chi connectivity index (χ0n) is 12.6. The molecule has 0 spiro atoms. The summed E-state index contributed by atoms with van der Waals surface area (Å²) in [5.41, 5.74) is 0. The highest BCUT2D eigenvalue weighted by Crippen LogP contribution is 2.10. The van der Waals surface area contributed by atoms with Gasteiger partial charge in [-0.15, -0.1) is 0 Å². The van der Waals surface area contributed by atoms with Gasteiger partial charge in [-0.3, -0.25) is 14.5 Å². The van der Waals surface area contributed by atoms with Crippen molar-refractivity contribution in [3.8, 4) is 0 Å². The van der Waals surface area contributed by atoms with Crippen molar-refractivity contribution < 1.29 is 18.7 Å². The SMILES string of the molecule is O=C(CN1CCN(C(=O)c2ccco2)CC1)N1CCOCC1. The minimum Gasteiger partial charge on any atom is -0.459 e. The van der Waals surface area contributed by atoms with Gasteiger partial charge in [0.05, 0.1) is 26.0 Å². The number of piperazine rings is 1. The van der Waals surface area contributed by atoms with Gasteiger partial charge < -0.3 is 19.0 Å². The lowest BCUT2D eigenvalue weighted by Gasteiger charge is -2.35. The summed E-state index contributed by atoms with van der Waals surface area (Å²) >= 11 is 0. The molecule has 0 aliphatic carbocycles. The molecule has 2 aliphatic heterocycles. The van der Waals surface area contributed by atoms with Crippen LogP contribution in [0.1, 0.15) is 10.6 Å². The van der Waals surface area contributed by atoms with E-state index in [2.05, 4.69) is 4.90 Å². The van der Waals surface area contributed by atoms with Gasteiger partial charge in [0.15, 0.2) is 5.76 Å². The quantitative estimate of drug-likeness (QED) is 0.780. The first-order chi connectivity index (χ1) is 10.7. The normalized spacial score (nSPS) is 20.2. The molecule has 0 bridgehead atoms. The van der Waals surface area contributed by atoms with Gasteiger partial charge >= 0.3 is 0 Å². The monoisotopic (exact) mass is 307 g/mol. The van der Waals surface area contributed by atoms with Crippen LogP contribution in [0.4, 0.5) is 0 Å². The van der Waals surface area contributed by atoms with E-state index >= 15 is 0 Å². The van der Waals surface area contributed by atoms with E-state index in [0.29, 0.717) is 64.8 Å². The third-order valence-electron chi connectivity index (χ3n) is 4.11. The van der Waals surface area contributed by atoms with Crippen LogP contribution in [0.2, 0.25) is 0 Å². The van der Waals surface area contributed by atoms with E-state index in [1.165, 1.54) is 6.26 Å². The largest absolute Gasteiger partial charge is 0.459 e. The van der Waals surface area contributed by atoms with E-state index in [1.54, 1.807) is 17.0 Å². The van der Waals surface area contributed by atoms with E-state index in [-0.39, 0.29) is 11.8 Å². The average molecular weight is 307 g/mol. The number of hydrogen-bond acceptors (Lipinski definition) is 5. The molecule has 2 saturated heterocycles. The van der Waals surface area contributed by atoms with E-state index < -0.39 is 0 Å². The Kier molecular flexibility index (Phi) is 4.74. The summed E-state index contributed by atoms with van der Waals surface area (Å²) in [6.07, 6.45) is 1.50. The van der Waals surface area contributed by atoms with Gasteiger partial charge in [-0.2, -0.15) is 0 Å². The Morgan fingerprint density at radius 1 is 1.00 bits per heavy atom. The molecule has 22 heavy (non-hydrogen) atoms. The van der Waals surface area contributed by atoms with E-state index in [4.69, 9.17) is 9.15 Å². The molecule has 2 aliphatic rings.